The van der Waals surface area contributed by atoms with Gasteiger partial charge >= 0.3 is 0 Å². The third-order valence-electron chi connectivity index (χ3n) is 6.00. The highest BCUT2D eigenvalue weighted by Gasteiger charge is 2.36. The predicted octanol–water partition coefficient (Wildman–Crippen LogP) is 5.31. The fourth-order valence-corrected chi connectivity index (χ4v) is 4.98. The van der Waals surface area contributed by atoms with Gasteiger partial charge in [-0.1, -0.05) is 25.3 Å². The zero-order valence-corrected chi connectivity index (χ0v) is 19.5. The number of nitrogens with zero attached hydrogens (tertiary/aromatic N) is 1. The number of amides is 2. The van der Waals surface area contributed by atoms with Crippen LogP contribution in [0.15, 0.2) is 64.6 Å². The van der Waals surface area contributed by atoms with E-state index in [1.165, 1.54) is 35.8 Å². The Balaban J connectivity index is 1.70. The van der Waals surface area contributed by atoms with Crippen LogP contribution in [0.1, 0.15) is 66.1 Å². The molecule has 4 rings (SSSR count). The Morgan fingerprint density at radius 1 is 1.06 bits per heavy atom. The van der Waals surface area contributed by atoms with Crippen LogP contribution in [0, 0.1) is 0 Å². The molecular weight excluding hydrogens is 436 g/mol. The van der Waals surface area contributed by atoms with Crippen LogP contribution in [0.2, 0.25) is 0 Å². The molecule has 0 saturated heterocycles. The van der Waals surface area contributed by atoms with E-state index in [0.29, 0.717) is 17.0 Å². The largest absolute Gasteiger partial charge is 0.467 e. The minimum Gasteiger partial charge on any atom is -0.467 e. The van der Waals surface area contributed by atoms with E-state index in [1.54, 1.807) is 36.4 Å². The SMILES string of the molecule is CC(=O)c1ccc(N(C(=O)Cc2cccs2)[C@@H](C(=O)NC2CCCCC2)c2ccco2)cc1. The van der Waals surface area contributed by atoms with Gasteiger partial charge in [0.1, 0.15) is 5.76 Å². The van der Waals surface area contributed by atoms with Gasteiger partial charge in [-0.05, 0) is 67.6 Å². The van der Waals surface area contributed by atoms with Gasteiger partial charge in [0.25, 0.3) is 5.91 Å². The zero-order valence-electron chi connectivity index (χ0n) is 18.7. The summed E-state index contributed by atoms with van der Waals surface area (Å²) in [5.41, 5.74) is 1.09. The summed E-state index contributed by atoms with van der Waals surface area (Å²) in [7, 11) is 0. The van der Waals surface area contributed by atoms with Crippen molar-refractivity contribution in [2.45, 2.75) is 57.5 Å². The van der Waals surface area contributed by atoms with Crippen molar-refractivity contribution in [3.05, 3.63) is 76.4 Å². The maximum Gasteiger partial charge on any atom is 0.251 e. The van der Waals surface area contributed by atoms with E-state index in [9.17, 15) is 14.4 Å². The summed E-state index contributed by atoms with van der Waals surface area (Å²) in [6.07, 6.45) is 6.91. The molecule has 172 valence electrons. The smallest absolute Gasteiger partial charge is 0.251 e. The first-order chi connectivity index (χ1) is 16.0. The summed E-state index contributed by atoms with van der Waals surface area (Å²) >= 11 is 1.50. The molecule has 0 spiro atoms. The Hall–Kier alpha value is -3.19. The van der Waals surface area contributed by atoms with Crippen molar-refractivity contribution in [3.63, 3.8) is 0 Å². The van der Waals surface area contributed by atoms with Gasteiger partial charge in [0.2, 0.25) is 5.91 Å². The first-order valence-corrected chi connectivity index (χ1v) is 12.2. The van der Waals surface area contributed by atoms with Gasteiger partial charge in [-0.15, -0.1) is 11.3 Å². The zero-order chi connectivity index (χ0) is 23.2. The standard InChI is InChI=1S/C26H28N2O4S/c1-18(29)19-11-13-21(14-12-19)28(24(30)17-22-9-6-16-33-22)25(23-10-5-15-32-23)26(31)27-20-7-3-2-4-8-20/h5-6,9-16,20,25H,2-4,7-8,17H2,1H3,(H,27,31)/t25-/m1/s1. The molecule has 0 unspecified atom stereocenters. The third-order valence-corrected chi connectivity index (χ3v) is 6.87. The van der Waals surface area contributed by atoms with Crippen LogP contribution in [0.5, 0.6) is 0 Å². The van der Waals surface area contributed by atoms with Crippen molar-refractivity contribution in [1.29, 1.82) is 0 Å². The summed E-state index contributed by atoms with van der Waals surface area (Å²) in [6, 6.07) is 13.2. The van der Waals surface area contributed by atoms with Crippen molar-refractivity contribution in [1.82, 2.24) is 5.32 Å². The van der Waals surface area contributed by atoms with E-state index >= 15 is 0 Å². The monoisotopic (exact) mass is 464 g/mol. The van der Waals surface area contributed by atoms with Gasteiger partial charge in [0.15, 0.2) is 11.8 Å². The summed E-state index contributed by atoms with van der Waals surface area (Å²) in [6.45, 7) is 1.50. The Morgan fingerprint density at radius 2 is 1.82 bits per heavy atom. The van der Waals surface area contributed by atoms with Gasteiger partial charge in [0.05, 0.1) is 12.7 Å². The van der Waals surface area contributed by atoms with Crippen molar-refractivity contribution in [2.24, 2.45) is 0 Å². The van der Waals surface area contributed by atoms with Crippen molar-refractivity contribution >= 4 is 34.6 Å². The number of rotatable bonds is 8. The van der Waals surface area contributed by atoms with Crippen molar-refractivity contribution < 1.29 is 18.8 Å². The molecule has 3 aromatic rings. The first-order valence-electron chi connectivity index (χ1n) is 11.3. The highest BCUT2D eigenvalue weighted by molar-refractivity contribution is 7.10. The Morgan fingerprint density at radius 3 is 2.42 bits per heavy atom. The number of carbonyl (C=O) groups excluding carboxylic acids is 3. The van der Waals surface area contributed by atoms with E-state index in [1.807, 2.05) is 17.5 Å². The molecule has 1 N–H and O–H groups in total. The second-order valence-corrected chi connectivity index (χ2v) is 9.42. The molecule has 6 nitrogen and oxygen atoms in total. The second kappa shape index (κ2) is 10.6. The predicted molar refractivity (Wildman–Crippen MR) is 128 cm³/mol. The number of nitrogens with one attached hydrogen (secondary N) is 1. The number of ketones is 1. The Kier molecular flexibility index (Phi) is 7.40. The van der Waals surface area contributed by atoms with Crippen LogP contribution >= 0.6 is 11.3 Å². The normalized spacial score (nSPS) is 15.1. The minimum atomic E-state index is -0.947. The molecule has 1 atom stereocenters. The van der Waals surface area contributed by atoms with Gasteiger partial charge in [-0.2, -0.15) is 0 Å². The first kappa shape index (κ1) is 23.0. The molecule has 7 heteroatoms. The summed E-state index contributed by atoms with van der Waals surface area (Å²) in [5.74, 6) is -0.130. The number of hydrogen-bond acceptors (Lipinski definition) is 5. The Bertz CT molecular complexity index is 1070. The van der Waals surface area contributed by atoms with Gasteiger partial charge in [-0.25, -0.2) is 0 Å². The molecule has 0 bridgehead atoms. The van der Waals surface area contributed by atoms with Crippen LogP contribution < -0.4 is 10.2 Å². The number of thiophene rings is 1. The maximum atomic E-state index is 13.6. The molecule has 0 aliphatic heterocycles. The van der Waals surface area contributed by atoms with Crippen molar-refractivity contribution in [2.75, 3.05) is 4.90 Å². The summed E-state index contributed by atoms with van der Waals surface area (Å²) < 4.78 is 5.65. The van der Waals surface area contributed by atoms with Crippen LogP contribution in [0.4, 0.5) is 5.69 Å². The summed E-state index contributed by atoms with van der Waals surface area (Å²) in [5, 5.41) is 5.08. The third kappa shape index (κ3) is 5.60. The van der Waals surface area contributed by atoms with Crippen LogP contribution in [-0.4, -0.2) is 23.6 Å². The molecule has 2 amide bonds. The van der Waals surface area contributed by atoms with E-state index in [0.717, 1.165) is 30.6 Å². The van der Waals surface area contributed by atoms with E-state index < -0.39 is 6.04 Å². The van der Waals surface area contributed by atoms with E-state index in [4.69, 9.17) is 4.42 Å². The lowest BCUT2D eigenvalue weighted by Gasteiger charge is -2.32. The maximum absolute atomic E-state index is 13.6. The van der Waals surface area contributed by atoms with Gasteiger partial charge < -0.3 is 9.73 Å². The average Bonchev–Trinajstić information content (AvgIpc) is 3.52. The number of hydrogen-bond donors (Lipinski definition) is 1. The molecule has 1 aromatic carbocycles. The number of furan rings is 1. The number of anilines is 1. The highest BCUT2D eigenvalue weighted by atomic mass is 32.1. The fraction of sp³-hybridized carbons (Fsp3) is 0.346. The average molecular weight is 465 g/mol. The van der Waals surface area contributed by atoms with Gasteiger partial charge in [0, 0.05) is 22.2 Å². The van der Waals surface area contributed by atoms with E-state index in [-0.39, 0.29) is 30.1 Å². The lowest BCUT2D eigenvalue weighted by molar-refractivity contribution is -0.127. The summed E-state index contributed by atoms with van der Waals surface area (Å²) in [4.78, 5) is 41.4. The number of carbonyl (C=O) groups is 3. The minimum absolute atomic E-state index is 0.0596. The molecule has 1 saturated carbocycles. The lowest BCUT2D eigenvalue weighted by atomic mass is 9.95. The molecular formula is C26H28N2O4S. The molecule has 2 heterocycles. The Labute approximate surface area is 197 Å². The van der Waals surface area contributed by atoms with Crippen LogP contribution in [0.25, 0.3) is 0 Å². The van der Waals surface area contributed by atoms with Crippen molar-refractivity contribution in [3.8, 4) is 0 Å². The molecule has 1 aliphatic carbocycles. The number of benzene rings is 1. The number of Topliss-reactive ketones (excluding diaryl/α,β-unsaturated/α-hetero) is 1. The second-order valence-electron chi connectivity index (χ2n) is 8.38. The van der Waals surface area contributed by atoms with Crippen LogP contribution in [0.3, 0.4) is 0 Å². The quantitative estimate of drug-likeness (QED) is 0.458. The molecule has 2 aromatic heterocycles. The molecule has 1 aliphatic rings. The molecule has 1 fully saturated rings. The van der Waals surface area contributed by atoms with Crippen LogP contribution in [-0.2, 0) is 16.0 Å². The van der Waals surface area contributed by atoms with E-state index in [2.05, 4.69) is 5.32 Å². The fourth-order valence-electron chi connectivity index (χ4n) is 4.29. The van der Waals surface area contributed by atoms with Gasteiger partial charge in [-0.3, -0.25) is 19.3 Å². The molecule has 33 heavy (non-hydrogen) atoms. The topological polar surface area (TPSA) is 79.6 Å². The lowest BCUT2D eigenvalue weighted by Crippen LogP contribution is -2.47. The highest BCUT2D eigenvalue weighted by Crippen LogP contribution is 2.31. The molecule has 0 radical (unpaired) electrons.